The Labute approximate surface area is 244 Å². The number of primary amides is 1. The molecule has 0 radical (unpaired) electrons. The molecule has 1 saturated heterocycles. The average Bonchev–Trinajstić information content (AvgIpc) is 3.90. The maximum atomic E-state index is 11.3. The van der Waals surface area contributed by atoms with Crippen molar-refractivity contribution in [1.29, 1.82) is 0 Å². The summed E-state index contributed by atoms with van der Waals surface area (Å²) in [7, 11) is 2.23. The van der Waals surface area contributed by atoms with Gasteiger partial charge in [-0.1, -0.05) is 25.8 Å². The summed E-state index contributed by atoms with van der Waals surface area (Å²) in [6, 6.07) is 6.15. The molecular weight excluding hydrogens is 514 g/mol. The summed E-state index contributed by atoms with van der Waals surface area (Å²) in [6.07, 6.45) is 25.2. The molecule has 3 heterocycles. The Balaban J connectivity index is 0.000000272. The first-order valence-electron chi connectivity index (χ1n) is 15.1. The number of nitrogens with zero attached hydrogens (tertiary/aromatic N) is 3. The number of terminal acetylenes is 1. The van der Waals surface area contributed by atoms with Crippen molar-refractivity contribution in [3.8, 4) is 24.1 Å². The summed E-state index contributed by atoms with van der Waals surface area (Å²) < 4.78 is 5.92. The molecule has 6 rings (SSSR count). The second-order valence-electron chi connectivity index (χ2n) is 11.5. The second kappa shape index (κ2) is 16.1. The zero-order chi connectivity index (χ0) is 29.7. The van der Waals surface area contributed by atoms with Gasteiger partial charge in [0.25, 0.3) is 0 Å². The van der Waals surface area contributed by atoms with Gasteiger partial charge in [-0.05, 0) is 89.1 Å². The monoisotopic (exact) mass is 561 g/mol. The molecule has 1 aromatic carbocycles. The highest BCUT2D eigenvalue weighted by atomic mass is 16.3. The van der Waals surface area contributed by atoms with Crippen molar-refractivity contribution in [3.05, 3.63) is 36.1 Å². The number of H-pyrrole nitrogens is 1. The molecule has 3 fully saturated rings. The van der Waals surface area contributed by atoms with Gasteiger partial charge in [-0.15, -0.1) is 12.8 Å². The molecule has 0 unspecified atom stereocenters. The Bertz CT molecular complexity index is 1240. The average molecular weight is 562 g/mol. The Kier molecular flexibility index (Phi) is 12.6. The summed E-state index contributed by atoms with van der Waals surface area (Å²) in [5.41, 5.74) is 8.92. The summed E-state index contributed by atoms with van der Waals surface area (Å²) in [4.78, 5) is 34.9. The number of hydrogen-bond donors (Lipinski definition) is 2. The normalized spacial score (nSPS) is 16.9. The van der Waals surface area contributed by atoms with Crippen molar-refractivity contribution in [3.63, 3.8) is 0 Å². The van der Waals surface area contributed by atoms with E-state index in [0.29, 0.717) is 18.1 Å². The zero-order valence-corrected chi connectivity index (χ0v) is 24.9. The second-order valence-corrected chi connectivity index (χ2v) is 11.5. The lowest BCUT2D eigenvalue weighted by Gasteiger charge is -2.28. The number of piperidine rings is 1. The van der Waals surface area contributed by atoms with E-state index < -0.39 is 0 Å². The van der Waals surface area contributed by atoms with Gasteiger partial charge in [-0.25, -0.2) is 9.97 Å². The lowest BCUT2D eigenvalue weighted by Crippen LogP contribution is -2.30. The molecule has 0 atom stereocenters. The van der Waals surface area contributed by atoms with Crippen LogP contribution in [-0.2, 0) is 16.0 Å². The van der Waals surface area contributed by atoms with E-state index in [2.05, 4.69) is 57.6 Å². The number of nitrogens with two attached hydrogens (primary N) is 1. The Morgan fingerprint density at radius 1 is 1.15 bits per heavy atom. The highest BCUT2D eigenvalue weighted by Crippen LogP contribution is 2.53. The van der Waals surface area contributed by atoms with Gasteiger partial charge in [0.2, 0.25) is 6.41 Å². The summed E-state index contributed by atoms with van der Waals surface area (Å²) in [5, 5.41) is 0. The van der Waals surface area contributed by atoms with E-state index in [1.807, 2.05) is 19.2 Å². The van der Waals surface area contributed by atoms with Crippen molar-refractivity contribution in [2.45, 2.75) is 96.3 Å². The van der Waals surface area contributed by atoms with Crippen LogP contribution in [0.2, 0.25) is 0 Å². The van der Waals surface area contributed by atoms with Gasteiger partial charge in [0.15, 0.2) is 11.5 Å². The molecule has 2 saturated carbocycles. The van der Waals surface area contributed by atoms with Crippen molar-refractivity contribution >= 4 is 23.3 Å². The Morgan fingerprint density at radius 2 is 1.83 bits per heavy atom. The predicted molar refractivity (Wildman–Crippen MR) is 164 cm³/mol. The molecule has 3 aliphatic rings. The molecular formula is C33H47N5O3. The third-order valence-corrected chi connectivity index (χ3v) is 8.29. The largest absolute Gasteiger partial charge is 0.440 e. The fourth-order valence-electron chi connectivity index (χ4n) is 5.17. The van der Waals surface area contributed by atoms with Gasteiger partial charge >= 0.3 is 0 Å². The number of fused-ring (bicyclic) bond motifs is 1. The van der Waals surface area contributed by atoms with Gasteiger partial charge in [-0.3, -0.25) is 9.59 Å². The number of Topliss-reactive ketones (excluding diaryl/α,β-unsaturated/α-hetero) is 1. The number of aryl methyl sites for hydroxylation is 1. The highest BCUT2D eigenvalue weighted by Gasteiger charge is 2.43. The van der Waals surface area contributed by atoms with Crippen molar-refractivity contribution in [2.24, 2.45) is 11.1 Å². The van der Waals surface area contributed by atoms with Crippen LogP contribution in [0.25, 0.3) is 22.4 Å². The molecule has 41 heavy (non-hydrogen) atoms. The predicted octanol–water partition coefficient (Wildman–Crippen LogP) is 6.41. The smallest absolute Gasteiger partial charge is 0.204 e. The minimum Gasteiger partial charge on any atom is -0.440 e. The van der Waals surface area contributed by atoms with Crippen LogP contribution < -0.4 is 5.73 Å². The first-order chi connectivity index (χ1) is 19.9. The van der Waals surface area contributed by atoms with Gasteiger partial charge in [0, 0.05) is 30.7 Å². The molecule has 1 aliphatic heterocycles. The molecule has 3 aromatic rings. The fraction of sp³-hybridized carbons (Fsp3) is 0.576. The number of carbonyl (C=O) groups is 2. The van der Waals surface area contributed by atoms with Crippen LogP contribution in [0.5, 0.6) is 0 Å². The quantitative estimate of drug-likeness (QED) is 0.168. The number of rotatable bonds is 10. The molecule has 1 spiro atoms. The van der Waals surface area contributed by atoms with Crippen LogP contribution in [0.3, 0.4) is 0 Å². The maximum absolute atomic E-state index is 11.3. The molecule has 0 bridgehead atoms. The van der Waals surface area contributed by atoms with E-state index in [1.165, 1.54) is 51.6 Å². The Morgan fingerprint density at radius 3 is 2.46 bits per heavy atom. The first-order valence-corrected chi connectivity index (χ1v) is 15.1. The number of hydrogen-bond acceptors (Lipinski definition) is 6. The fourth-order valence-corrected chi connectivity index (χ4v) is 5.17. The summed E-state index contributed by atoms with van der Waals surface area (Å²) in [5.74, 6) is 2.80. The number of oxazole rings is 1. The lowest BCUT2D eigenvalue weighted by molar-refractivity contribution is -0.118. The number of unbranched alkanes of at least 4 members (excludes halogenated alkanes) is 3. The number of carbonyl (C=O) groups excluding carboxylic acids is 2. The number of aromatic amines is 1. The summed E-state index contributed by atoms with van der Waals surface area (Å²) in [6.45, 7) is 4.63. The van der Waals surface area contributed by atoms with Crippen molar-refractivity contribution in [1.82, 2.24) is 19.9 Å². The molecule has 1 amide bonds. The van der Waals surface area contributed by atoms with E-state index in [-0.39, 0.29) is 6.41 Å². The Hall–Kier alpha value is -3.44. The minimum atomic E-state index is 0.250. The third kappa shape index (κ3) is 10.2. The van der Waals surface area contributed by atoms with Crippen LogP contribution >= 0.6 is 0 Å². The number of likely N-dealkylation sites (tertiary alicyclic amines) is 1. The minimum absolute atomic E-state index is 0.250. The number of ketones is 1. The van der Waals surface area contributed by atoms with Gasteiger partial charge in [0.1, 0.15) is 17.1 Å². The van der Waals surface area contributed by atoms with Gasteiger partial charge < -0.3 is 20.0 Å². The van der Waals surface area contributed by atoms with Crippen LogP contribution in [0.4, 0.5) is 0 Å². The topological polar surface area (TPSA) is 118 Å². The maximum Gasteiger partial charge on any atom is 0.204 e. The standard InChI is InChI=1S/C22H27N3O2.C8H15N.C2H2.CH3NO/c1-2-17(26)7-5-3-4-6-8-21-23-14-19(24-21)16-11-12-18-20(13-16)27-22(25-18)15-9-10-15;1-9-6-4-8(2-3-8)5-7-9;1-2;2-1-3/h11-15H,2-10H2,1H3,(H,23,24);2-7H2,1H3;1-2H;1H,(H2,2,3). The first kappa shape index (κ1) is 32.1. The van der Waals surface area contributed by atoms with E-state index in [9.17, 15) is 4.79 Å². The van der Waals surface area contributed by atoms with E-state index in [4.69, 9.17) is 9.21 Å². The van der Waals surface area contributed by atoms with Gasteiger partial charge in [0.05, 0.1) is 11.9 Å². The molecule has 8 heteroatoms. The molecule has 2 aliphatic carbocycles. The molecule has 3 N–H and O–H groups in total. The summed E-state index contributed by atoms with van der Waals surface area (Å²) >= 11 is 0. The molecule has 8 nitrogen and oxygen atoms in total. The van der Waals surface area contributed by atoms with Crippen molar-refractivity contribution in [2.75, 3.05) is 20.1 Å². The third-order valence-electron chi connectivity index (χ3n) is 8.29. The molecule has 2 aromatic heterocycles. The molecule has 222 valence electrons. The number of benzene rings is 1. The van der Waals surface area contributed by atoms with Crippen LogP contribution in [0.15, 0.2) is 28.8 Å². The van der Waals surface area contributed by atoms with Crippen molar-refractivity contribution < 1.29 is 14.0 Å². The van der Waals surface area contributed by atoms with E-state index in [1.54, 1.807) is 0 Å². The number of amides is 1. The van der Waals surface area contributed by atoms with Gasteiger partial charge in [-0.2, -0.15) is 0 Å². The van der Waals surface area contributed by atoms with E-state index >= 15 is 0 Å². The van der Waals surface area contributed by atoms with E-state index in [0.717, 1.165) is 78.0 Å². The van der Waals surface area contributed by atoms with Crippen LogP contribution in [0.1, 0.15) is 102 Å². The van der Waals surface area contributed by atoms with Crippen LogP contribution in [-0.4, -0.2) is 52.2 Å². The SMILES string of the molecule is C#C.CCC(=O)CCCCCCc1ncc(-c2ccc3nc(C4CC4)oc3c2)[nH]1.CN1CCC2(CC1)CC2.NC=O. The number of imidazole rings is 1. The number of aromatic nitrogens is 3. The number of nitrogens with one attached hydrogen (secondary N) is 1. The van der Waals surface area contributed by atoms with Crippen LogP contribution in [0, 0.1) is 18.3 Å². The lowest BCUT2D eigenvalue weighted by atomic mass is 9.94. The zero-order valence-electron chi connectivity index (χ0n) is 24.9. The highest BCUT2D eigenvalue weighted by molar-refractivity contribution is 5.79.